The summed E-state index contributed by atoms with van der Waals surface area (Å²) in [6.45, 7) is 11.3. The van der Waals surface area contributed by atoms with Crippen LogP contribution in [-0.2, 0) is 9.53 Å². The fourth-order valence-electron chi connectivity index (χ4n) is 2.79. The first-order valence-corrected chi connectivity index (χ1v) is 6.61. The predicted octanol–water partition coefficient (Wildman–Crippen LogP) is 0.327. The van der Waals surface area contributed by atoms with Crippen molar-refractivity contribution in [3.05, 3.63) is 0 Å². The third-order valence-electron chi connectivity index (χ3n) is 3.19. The van der Waals surface area contributed by atoms with Crippen molar-refractivity contribution < 1.29 is 14.6 Å². The number of hydrogen-bond donors (Lipinski definition) is 1. The van der Waals surface area contributed by atoms with Gasteiger partial charge < -0.3 is 14.7 Å². The van der Waals surface area contributed by atoms with Gasteiger partial charge in [0.25, 0.3) is 0 Å². The third-order valence-corrected chi connectivity index (χ3v) is 3.19. The molecule has 0 bridgehead atoms. The Labute approximate surface area is 110 Å². The molecule has 0 saturated carbocycles. The molecule has 1 amide bonds. The number of aliphatic hydroxyl groups excluding tert-OH is 1. The zero-order chi connectivity index (χ0) is 13.8. The van der Waals surface area contributed by atoms with Gasteiger partial charge in [0, 0.05) is 19.1 Å². The van der Waals surface area contributed by atoms with Crippen molar-refractivity contribution in [2.45, 2.75) is 39.3 Å². The normalized spacial score (nSPS) is 20.8. The molecule has 0 unspecified atom stereocenters. The summed E-state index contributed by atoms with van der Waals surface area (Å²) in [4.78, 5) is 16.2. The summed E-state index contributed by atoms with van der Waals surface area (Å²) in [5.41, 5.74) is -0.138. The Kier molecular flexibility index (Phi) is 5.56. The quantitative estimate of drug-likeness (QED) is 0.698. The second-order valence-corrected chi connectivity index (χ2v) is 5.72. The average molecular weight is 258 g/mol. The molecule has 0 radical (unpaired) electrons. The second kappa shape index (κ2) is 6.50. The highest BCUT2D eigenvalue weighted by atomic mass is 16.5. The summed E-state index contributed by atoms with van der Waals surface area (Å²) in [6, 6.07) is 0.236. The summed E-state index contributed by atoms with van der Waals surface area (Å²) in [7, 11) is 0. The highest BCUT2D eigenvalue weighted by Crippen LogP contribution is 2.23. The average Bonchev–Trinajstić information content (AvgIpc) is 2.21. The highest BCUT2D eigenvalue weighted by Gasteiger charge is 2.39. The van der Waals surface area contributed by atoms with Crippen LogP contribution in [0.3, 0.4) is 0 Å². The van der Waals surface area contributed by atoms with E-state index in [1.807, 2.05) is 4.90 Å². The van der Waals surface area contributed by atoms with Crippen LogP contribution in [0.5, 0.6) is 0 Å². The molecule has 1 heterocycles. The van der Waals surface area contributed by atoms with E-state index in [0.717, 1.165) is 13.1 Å². The van der Waals surface area contributed by atoms with E-state index < -0.39 is 0 Å². The molecule has 0 aromatic carbocycles. The van der Waals surface area contributed by atoms with Crippen molar-refractivity contribution in [2.24, 2.45) is 0 Å². The minimum Gasteiger partial charge on any atom is -0.394 e. The zero-order valence-corrected chi connectivity index (χ0v) is 12.0. The Hall–Kier alpha value is -0.650. The van der Waals surface area contributed by atoms with Crippen molar-refractivity contribution in [2.75, 3.05) is 39.5 Å². The van der Waals surface area contributed by atoms with Crippen LogP contribution in [0.25, 0.3) is 0 Å². The van der Waals surface area contributed by atoms with E-state index in [1.54, 1.807) is 0 Å². The van der Waals surface area contributed by atoms with Gasteiger partial charge in [-0.3, -0.25) is 9.69 Å². The predicted molar refractivity (Wildman–Crippen MR) is 70.4 cm³/mol. The molecule has 5 nitrogen and oxygen atoms in total. The first-order chi connectivity index (χ1) is 8.38. The van der Waals surface area contributed by atoms with Crippen LogP contribution in [0.15, 0.2) is 0 Å². The van der Waals surface area contributed by atoms with Crippen LogP contribution in [0.1, 0.15) is 27.7 Å². The summed E-state index contributed by atoms with van der Waals surface area (Å²) in [6.07, 6.45) is 0. The molecule has 5 heteroatoms. The molecule has 1 aliphatic rings. The Morgan fingerprint density at radius 2 is 2.06 bits per heavy atom. The molecular weight excluding hydrogens is 232 g/mol. The van der Waals surface area contributed by atoms with Gasteiger partial charge >= 0.3 is 0 Å². The third kappa shape index (κ3) is 3.93. The maximum atomic E-state index is 12.2. The Bertz CT molecular complexity index is 279. The first-order valence-electron chi connectivity index (χ1n) is 6.61. The number of amides is 1. The molecule has 0 aromatic rings. The number of aliphatic hydroxyl groups is 1. The fourth-order valence-corrected chi connectivity index (χ4v) is 2.79. The molecule has 1 saturated heterocycles. The van der Waals surface area contributed by atoms with Gasteiger partial charge in [-0.2, -0.15) is 0 Å². The molecule has 1 aliphatic heterocycles. The molecule has 0 spiro atoms. The van der Waals surface area contributed by atoms with E-state index in [9.17, 15) is 4.79 Å². The number of nitrogens with zero attached hydrogens (tertiary/aromatic N) is 2. The summed E-state index contributed by atoms with van der Waals surface area (Å²) >= 11 is 0. The standard InChI is InChI=1S/C13H26N2O3/c1-11(2)15-12(17)9-14(10-13(15,3)4)5-7-18-8-6-16/h11,16H,5-10H2,1-4H3. The lowest BCUT2D eigenvalue weighted by atomic mass is 9.96. The van der Waals surface area contributed by atoms with Crippen molar-refractivity contribution in [1.82, 2.24) is 9.80 Å². The second-order valence-electron chi connectivity index (χ2n) is 5.72. The Morgan fingerprint density at radius 3 is 2.56 bits per heavy atom. The van der Waals surface area contributed by atoms with E-state index in [2.05, 4.69) is 32.6 Å². The minimum atomic E-state index is -0.138. The number of carbonyl (C=O) groups excluding carboxylic acids is 1. The molecular formula is C13H26N2O3. The van der Waals surface area contributed by atoms with Gasteiger partial charge in [0.1, 0.15) is 0 Å². The first kappa shape index (κ1) is 15.4. The largest absolute Gasteiger partial charge is 0.394 e. The van der Waals surface area contributed by atoms with Gasteiger partial charge in [-0.05, 0) is 27.7 Å². The molecule has 0 aliphatic carbocycles. The number of carbonyl (C=O) groups is 1. The van der Waals surface area contributed by atoms with E-state index in [-0.39, 0.29) is 24.1 Å². The van der Waals surface area contributed by atoms with Crippen LogP contribution in [0, 0.1) is 0 Å². The zero-order valence-electron chi connectivity index (χ0n) is 12.0. The van der Waals surface area contributed by atoms with Crippen LogP contribution in [0.4, 0.5) is 0 Å². The lowest BCUT2D eigenvalue weighted by Crippen LogP contribution is -2.64. The molecule has 1 N–H and O–H groups in total. The van der Waals surface area contributed by atoms with Gasteiger partial charge in [0.2, 0.25) is 5.91 Å². The Morgan fingerprint density at radius 1 is 1.39 bits per heavy atom. The smallest absolute Gasteiger partial charge is 0.237 e. The number of piperazine rings is 1. The van der Waals surface area contributed by atoms with Crippen molar-refractivity contribution in [1.29, 1.82) is 0 Å². The summed E-state index contributed by atoms with van der Waals surface area (Å²) in [5, 5.41) is 8.62. The number of ether oxygens (including phenoxy) is 1. The van der Waals surface area contributed by atoms with Crippen LogP contribution < -0.4 is 0 Å². The van der Waals surface area contributed by atoms with Gasteiger partial charge in [-0.15, -0.1) is 0 Å². The van der Waals surface area contributed by atoms with E-state index in [4.69, 9.17) is 9.84 Å². The fraction of sp³-hybridized carbons (Fsp3) is 0.923. The SMILES string of the molecule is CC(C)N1C(=O)CN(CCOCCO)CC1(C)C. The summed E-state index contributed by atoms with van der Waals surface area (Å²) < 4.78 is 5.25. The lowest BCUT2D eigenvalue weighted by Gasteiger charge is -2.49. The monoisotopic (exact) mass is 258 g/mol. The van der Waals surface area contributed by atoms with Crippen molar-refractivity contribution >= 4 is 5.91 Å². The number of rotatable bonds is 6. The van der Waals surface area contributed by atoms with E-state index in [1.165, 1.54) is 0 Å². The molecule has 1 rings (SSSR count). The molecule has 106 valence electrons. The molecule has 1 fully saturated rings. The van der Waals surface area contributed by atoms with E-state index >= 15 is 0 Å². The van der Waals surface area contributed by atoms with Gasteiger partial charge in [0.05, 0.1) is 31.9 Å². The van der Waals surface area contributed by atoms with Crippen molar-refractivity contribution in [3.63, 3.8) is 0 Å². The molecule has 18 heavy (non-hydrogen) atoms. The van der Waals surface area contributed by atoms with Crippen LogP contribution in [-0.4, -0.2) is 71.8 Å². The summed E-state index contributed by atoms with van der Waals surface area (Å²) in [5.74, 6) is 0.184. The van der Waals surface area contributed by atoms with Gasteiger partial charge in [-0.1, -0.05) is 0 Å². The van der Waals surface area contributed by atoms with Crippen molar-refractivity contribution in [3.8, 4) is 0 Å². The Balaban J connectivity index is 2.50. The van der Waals surface area contributed by atoms with Crippen LogP contribution in [0.2, 0.25) is 0 Å². The van der Waals surface area contributed by atoms with Gasteiger partial charge in [0.15, 0.2) is 0 Å². The molecule has 0 aromatic heterocycles. The van der Waals surface area contributed by atoms with Crippen LogP contribution >= 0.6 is 0 Å². The number of hydrogen-bond acceptors (Lipinski definition) is 4. The van der Waals surface area contributed by atoms with E-state index in [0.29, 0.717) is 19.8 Å². The maximum Gasteiger partial charge on any atom is 0.237 e. The topological polar surface area (TPSA) is 53.0 Å². The lowest BCUT2D eigenvalue weighted by molar-refractivity contribution is -0.148. The molecule has 0 atom stereocenters. The maximum absolute atomic E-state index is 12.2. The minimum absolute atomic E-state index is 0.0472. The van der Waals surface area contributed by atoms with Gasteiger partial charge in [-0.25, -0.2) is 0 Å². The highest BCUT2D eigenvalue weighted by molar-refractivity contribution is 5.80.